The summed E-state index contributed by atoms with van der Waals surface area (Å²) >= 11 is 0. The van der Waals surface area contributed by atoms with Gasteiger partial charge < -0.3 is 78.8 Å². The van der Waals surface area contributed by atoms with E-state index in [1.165, 1.54) is 56.9 Å². The lowest BCUT2D eigenvalue weighted by Gasteiger charge is -2.21. The van der Waals surface area contributed by atoms with Gasteiger partial charge in [-0.1, -0.05) is 51.4 Å². The number of nitrogens with zero attached hydrogens (tertiary/aromatic N) is 4. The number of carbonyl (C=O) groups excluding carboxylic acids is 12. The van der Waals surface area contributed by atoms with E-state index in [0.29, 0.717) is 152 Å². The lowest BCUT2D eigenvalue weighted by Crippen LogP contribution is -2.31. The highest BCUT2D eigenvalue weighted by Gasteiger charge is 2.23. The molecule has 0 saturated carbocycles. The Balaban J connectivity index is 1.92. The Morgan fingerprint density at radius 2 is 0.382 bits per heavy atom. The van der Waals surface area contributed by atoms with Crippen LogP contribution in [0.15, 0.2) is 36.4 Å². The number of carbonyl (C=O) groups is 12. The number of methoxy groups -OCH3 is 8. The number of ether oxygens (including phenoxy) is 8. The maximum Gasteiger partial charge on any atom is 0.306 e. The lowest BCUT2D eigenvalue weighted by atomic mass is 9.94. The minimum absolute atomic E-state index is 0.142. The number of benzene rings is 3. The summed E-state index contributed by atoms with van der Waals surface area (Å²) in [7, 11) is 10.7. The first kappa shape index (κ1) is 87.9. The van der Waals surface area contributed by atoms with Gasteiger partial charge in [0.15, 0.2) is 0 Å². The second kappa shape index (κ2) is 52.6. The number of hydrogen-bond donors (Lipinski definition) is 4. The molecule has 3 rings (SSSR count). The van der Waals surface area contributed by atoms with Gasteiger partial charge in [-0.15, -0.1) is 0 Å². The summed E-state index contributed by atoms with van der Waals surface area (Å²) in [5, 5.41) is 14.5. The normalized spacial score (nSPS) is 11.2. The van der Waals surface area contributed by atoms with E-state index in [4.69, 9.17) is 37.9 Å². The SMILES string of the molecule is COC(=O)CCN(CCCCCCNC(=O)c1cc2cc3cc(C(=O)NCCCCCCN(CCC(=O)OC)CCC(=O)OC)c(C(=O)NCCCCCCN(CCC(=O)OC)CCC(=O)OC)cc3cc2cc1C(=O)NCCCCCCN(CCC(=O)OC)CCC(=O)OC)CCC(=O)OC. The summed E-state index contributed by atoms with van der Waals surface area (Å²) in [6.45, 7) is 7.22. The Hall–Kier alpha value is -8.34. The van der Waals surface area contributed by atoms with Crippen LogP contribution >= 0.6 is 0 Å². The fourth-order valence-corrected chi connectivity index (χ4v) is 11.5. The number of esters is 8. The van der Waals surface area contributed by atoms with E-state index in [2.05, 4.69) is 21.3 Å². The van der Waals surface area contributed by atoms with Crippen molar-refractivity contribution in [2.24, 2.45) is 0 Å². The number of fused-ring (bicyclic) bond motifs is 2. The van der Waals surface area contributed by atoms with Crippen LogP contribution in [0.4, 0.5) is 0 Å². The fraction of sp³-hybridized carbons (Fsp3) is 0.649. The molecular weight excluding hydrogens is 1320 g/mol. The van der Waals surface area contributed by atoms with Crippen molar-refractivity contribution in [3.63, 3.8) is 0 Å². The summed E-state index contributed by atoms with van der Waals surface area (Å²) in [6, 6.07) is 10.3. The van der Waals surface area contributed by atoms with Crippen molar-refractivity contribution < 1.29 is 95.4 Å². The molecule has 0 aromatic heterocycles. The molecule has 3 aromatic carbocycles. The highest BCUT2D eigenvalue weighted by atomic mass is 16.5. The summed E-state index contributed by atoms with van der Waals surface area (Å²) in [4.78, 5) is 161. The number of unbranched alkanes of at least 4 members (excludes halogenated alkanes) is 12. The van der Waals surface area contributed by atoms with Gasteiger partial charge in [-0.3, -0.25) is 57.5 Å². The van der Waals surface area contributed by atoms with Crippen LogP contribution in [0.3, 0.4) is 0 Å². The van der Waals surface area contributed by atoms with Crippen LogP contribution in [-0.4, -0.2) is 253 Å². The van der Waals surface area contributed by atoms with E-state index in [-0.39, 0.29) is 121 Å². The Bertz CT molecular complexity index is 2650. The molecular formula is C74H114N8O20. The topological polar surface area (TPSA) is 340 Å². The van der Waals surface area contributed by atoms with E-state index < -0.39 is 23.6 Å². The van der Waals surface area contributed by atoms with Gasteiger partial charge in [0.2, 0.25) is 0 Å². The molecule has 570 valence electrons. The first-order chi connectivity index (χ1) is 49.2. The van der Waals surface area contributed by atoms with Gasteiger partial charge in [-0.25, -0.2) is 0 Å². The molecule has 4 N–H and O–H groups in total. The third-order valence-corrected chi connectivity index (χ3v) is 17.7. The summed E-state index contributed by atoms with van der Waals surface area (Å²) in [6.07, 6.45) is 13.3. The average molecular weight is 1440 g/mol. The maximum absolute atomic E-state index is 14.4. The van der Waals surface area contributed by atoms with Gasteiger partial charge in [0.25, 0.3) is 23.6 Å². The molecule has 0 unspecified atom stereocenters. The van der Waals surface area contributed by atoms with Crippen molar-refractivity contribution in [3.8, 4) is 0 Å². The minimum atomic E-state index is -0.460. The predicted octanol–water partition coefficient (Wildman–Crippen LogP) is 6.87. The second-order valence-electron chi connectivity index (χ2n) is 25.0. The summed E-state index contributed by atoms with van der Waals surface area (Å²) < 4.78 is 38.5. The van der Waals surface area contributed by atoms with Crippen molar-refractivity contribution in [2.45, 2.75) is 154 Å². The summed E-state index contributed by atoms with van der Waals surface area (Å²) in [5.41, 5.74) is 0.569. The van der Waals surface area contributed by atoms with Gasteiger partial charge in [0, 0.05) is 78.5 Å². The molecule has 0 aliphatic heterocycles. The van der Waals surface area contributed by atoms with Crippen LogP contribution in [-0.2, 0) is 76.3 Å². The van der Waals surface area contributed by atoms with E-state index >= 15 is 0 Å². The number of nitrogens with one attached hydrogen (secondary N) is 4. The van der Waals surface area contributed by atoms with Gasteiger partial charge in [-0.2, -0.15) is 0 Å². The highest BCUT2D eigenvalue weighted by Crippen LogP contribution is 2.29. The van der Waals surface area contributed by atoms with E-state index in [0.717, 1.165) is 77.0 Å². The van der Waals surface area contributed by atoms with Crippen molar-refractivity contribution in [3.05, 3.63) is 58.7 Å². The zero-order valence-electron chi connectivity index (χ0n) is 61.7. The Morgan fingerprint density at radius 3 is 0.539 bits per heavy atom. The molecule has 102 heavy (non-hydrogen) atoms. The number of hydrogen-bond acceptors (Lipinski definition) is 24. The molecule has 28 nitrogen and oxygen atoms in total. The zero-order chi connectivity index (χ0) is 74.9. The third-order valence-electron chi connectivity index (χ3n) is 17.7. The molecule has 28 heteroatoms. The van der Waals surface area contributed by atoms with Crippen molar-refractivity contribution >= 4 is 92.9 Å². The largest absolute Gasteiger partial charge is 0.469 e. The molecule has 3 aromatic rings. The van der Waals surface area contributed by atoms with Gasteiger partial charge in [-0.05, 0) is 135 Å². The van der Waals surface area contributed by atoms with Crippen LogP contribution in [0.1, 0.15) is 196 Å². The van der Waals surface area contributed by atoms with Crippen molar-refractivity contribution in [2.75, 3.05) is 162 Å². The molecule has 0 aliphatic carbocycles. The Kier molecular flexibility index (Phi) is 45.3. The number of amides is 4. The van der Waals surface area contributed by atoms with Crippen molar-refractivity contribution in [1.82, 2.24) is 40.9 Å². The van der Waals surface area contributed by atoms with Gasteiger partial charge in [0.05, 0.1) is 130 Å². The average Bonchev–Trinajstić information content (AvgIpc) is 0.762. The van der Waals surface area contributed by atoms with Crippen LogP contribution in [0.5, 0.6) is 0 Å². The van der Waals surface area contributed by atoms with Crippen molar-refractivity contribution in [1.29, 1.82) is 0 Å². The van der Waals surface area contributed by atoms with Gasteiger partial charge in [0.1, 0.15) is 0 Å². The standard InChI is InChI=1S/C74H114N8O20/c1-95-63(83)25-41-79(42-26-64(84)96-2)37-21-13-9-17-33-75-71(91)59-51-55-49-57-53-61(73(93)77-35-19-11-15-23-39-81(45-29-67(87)99-5)46-30-68(88)100-6)62(74(94)78-36-20-12-16-24-40-82(47-31-69(89)101-7)48-32-70(90)102-8)54-58(57)50-56(55)52-60(59)72(92)76-34-18-10-14-22-38-80(43-27-65(85)97-3)44-28-66(86)98-4/h49-54H,9-48H2,1-8H3,(H,75,91)(H,76,92)(H,77,93)(H,78,94). The molecule has 0 heterocycles. The molecule has 0 atom stereocenters. The van der Waals surface area contributed by atoms with E-state index in [9.17, 15) is 57.5 Å². The zero-order valence-corrected chi connectivity index (χ0v) is 61.7. The third kappa shape index (κ3) is 36.5. The lowest BCUT2D eigenvalue weighted by molar-refractivity contribution is -0.142. The predicted molar refractivity (Wildman–Crippen MR) is 383 cm³/mol. The fourth-order valence-electron chi connectivity index (χ4n) is 11.5. The Morgan fingerprint density at radius 1 is 0.225 bits per heavy atom. The van der Waals surface area contributed by atoms with Gasteiger partial charge >= 0.3 is 47.8 Å². The summed E-state index contributed by atoms with van der Waals surface area (Å²) in [5.74, 6) is -4.60. The van der Waals surface area contributed by atoms with Crippen LogP contribution < -0.4 is 21.3 Å². The highest BCUT2D eigenvalue weighted by molar-refractivity contribution is 6.15. The molecule has 0 radical (unpaired) electrons. The first-order valence-electron chi connectivity index (χ1n) is 35.8. The number of rotatable bonds is 56. The Labute approximate surface area is 601 Å². The van der Waals surface area contributed by atoms with Crippen LogP contribution in [0.25, 0.3) is 21.5 Å². The second-order valence-corrected chi connectivity index (χ2v) is 25.0. The molecule has 0 fully saturated rings. The molecule has 4 amide bonds. The quantitative estimate of drug-likeness (QED) is 0.0194. The maximum atomic E-state index is 14.4. The molecule has 0 saturated heterocycles. The molecule has 0 aliphatic rings. The van der Waals surface area contributed by atoms with E-state index in [1.54, 1.807) is 24.3 Å². The molecule has 0 bridgehead atoms. The van der Waals surface area contributed by atoms with E-state index in [1.807, 2.05) is 31.7 Å². The minimum Gasteiger partial charge on any atom is -0.469 e. The first-order valence-corrected chi connectivity index (χ1v) is 35.8. The smallest absolute Gasteiger partial charge is 0.306 e. The monoisotopic (exact) mass is 1430 g/mol. The van der Waals surface area contributed by atoms with Crippen LogP contribution in [0, 0.1) is 0 Å². The van der Waals surface area contributed by atoms with Crippen LogP contribution in [0.2, 0.25) is 0 Å². The molecule has 0 spiro atoms.